The summed E-state index contributed by atoms with van der Waals surface area (Å²) < 4.78 is 40.1. The van der Waals surface area contributed by atoms with Crippen molar-refractivity contribution in [3.63, 3.8) is 0 Å². The first-order valence-electron chi connectivity index (χ1n) is 8.25. The Labute approximate surface area is 180 Å². The van der Waals surface area contributed by atoms with Crippen molar-refractivity contribution >= 4 is 29.9 Å². The Bertz CT molecular complexity index is 776. The number of guanidine groups is 1. The number of aliphatic imine (C=N–C) groups is 1. The summed E-state index contributed by atoms with van der Waals surface area (Å²) in [5.74, 6) is 1.92. The van der Waals surface area contributed by atoms with Gasteiger partial charge in [-0.05, 0) is 35.9 Å². The highest BCUT2D eigenvalue weighted by atomic mass is 127. The molecular formula is C19H24F2IN3O3. The third-order valence-corrected chi connectivity index (χ3v) is 3.75. The van der Waals surface area contributed by atoms with E-state index < -0.39 is 6.61 Å². The van der Waals surface area contributed by atoms with E-state index in [1.807, 2.05) is 24.3 Å². The standard InChI is InChI=1S/C19H23F2N3O3.HI/c1-22-19(23-11-13-5-4-6-15(9-13)25-2)24-12-14-10-16(26-3)7-8-17(14)27-18(20)21;/h4-10,18H,11-12H2,1-3H3,(H2,22,23,24);1H. The van der Waals surface area contributed by atoms with Crippen LogP contribution in [0.3, 0.4) is 0 Å². The highest BCUT2D eigenvalue weighted by molar-refractivity contribution is 14.0. The van der Waals surface area contributed by atoms with Gasteiger partial charge in [-0.3, -0.25) is 4.99 Å². The fraction of sp³-hybridized carbons (Fsp3) is 0.316. The maximum absolute atomic E-state index is 12.6. The summed E-state index contributed by atoms with van der Waals surface area (Å²) in [7, 11) is 4.75. The third-order valence-electron chi connectivity index (χ3n) is 3.75. The van der Waals surface area contributed by atoms with Crippen molar-refractivity contribution in [1.29, 1.82) is 0 Å². The molecule has 6 nitrogen and oxygen atoms in total. The topological polar surface area (TPSA) is 64.1 Å². The van der Waals surface area contributed by atoms with E-state index in [9.17, 15) is 8.78 Å². The smallest absolute Gasteiger partial charge is 0.387 e. The molecule has 0 aromatic heterocycles. The van der Waals surface area contributed by atoms with Crippen LogP contribution in [0.4, 0.5) is 8.78 Å². The monoisotopic (exact) mass is 507 g/mol. The van der Waals surface area contributed by atoms with Crippen molar-refractivity contribution in [2.45, 2.75) is 19.7 Å². The second-order valence-electron chi connectivity index (χ2n) is 5.48. The summed E-state index contributed by atoms with van der Waals surface area (Å²) in [6.45, 7) is -2.14. The quantitative estimate of drug-likeness (QED) is 0.324. The Balaban J connectivity index is 0.00000392. The van der Waals surface area contributed by atoms with Crippen LogP contribution < -0.4 is 24.8 Å². The molecule has 9 heteroatoms. The molecule has 154 valence electrons. The van der Waals surface area contributed by atoms with Crippen molar-refractivity contribution in [3.8, 4) is 17.2 Å². The molecule has 0 aliphatic carbocycles. The predicted octanol–water partition coefficient (Wildman–Crippen LogP) is 3.79. The molecule has 0 saturated carbocycles. The van der Waals surface area contributed by atoms with Gasteiger partial charge in [-0.25, -0.2) is 0 Å². The van der Waals surface area contributed by atoms with Crippen LogP contribution in [0.1, 0.15) is 11.1 Å². The SMILES string of the molecule is CN=C(NCc1cccc(OC)c1)NCc1cc(OC)ccc1OC(F)F.I. The number of ether oxygens (including phenoxy) is 3. The van der Waals surface area contributed by atoms with Crippen LogP contribution in [-0.2, 0) is 13.1 Å². The number of benzene rings is 2. The minimum absolute atomic E-state index is 0. The summed E-state index contributed by atoms with van der Waals surface area (Å²) in [5, 5.41) is 6.24. The first kappa shape index (κ1) is 23.7. The average Bonchev–Trinajstić information content (AvgIpc) is 2.68. The van der Waals surface area contributed by atoms with Gasteiger partial charge in [0.1, 0.15) is 17.2 Å². The lowest BCUT2D eigenvalue weighted by Crippen LogP contribution is -2.36. The molecule has 0 saturated heterocycles. The molecule has 0 bridgehead atoms. The van der Waals surface area contributed by atoms with E-state index >= 15 is 0 Å². The van der Waals surface area contributed by atoms with E-state index in [1.165, 1.54) is 13.2 Å². The van der Waals surface area contributed by atoms with Crippen LogP contribution in [0.5, 0.6) is 17.2 Å². The number of halogens is 3. The molecule has 2 aromatic rings. The van der Waals surface area contributed by atoms with Crippen LogP contribution in [0, 0.1) is 0 Å². The van der Waals surface area contributed by atoms with Gasteiger partial charge in [0.05, 0.1) is 14.2 Å². The summed E-state index contributed by atoms with van der Waals surface area (Å²) in [6.07, 6.45) is 0. The number of hydrogen-bond acceptors (Lipinski definition) is 4. The summed E-state index contributed by atoms with van der Waals surface area (Å²) in [5.41, 5.74) is 1.54. The van der Waals surface area contributed by atoms with E-state index in [1.54, 1.807) is 26.3 Å². The van der Waals surface area contributed by atoms with Gasteiger partial charge >= 0.3 is 6.61 Å². The van der Waals surface area contributed by atoms with Gasteiger partial charge in [0.2, 0.25) is 0 Å². The average molecular weight is 507 g/mol. The molecule has 2 aromatic carbocycles. The van der Waals surface area contributed by atoms with E-state index in [0.29, 0.717) is 23.8 Å². The second-order valence-corrected chi connectivity index (χ2v) is 5.48. The lowest BCUT2D eigenvalue weighted by Gasteiger charge is -2.15. The number of nitrogens with zero attached hydrogens (tertiary/aromatic N) is 1. The fourth-order valence-electron chi connectivity index (χ4n) is 2.40. The number of methoxy groups -OCH3 is 2. The Morgan fingerprint density at radius 1 is 1.00 bits per heavy atom. The Hall–Kier alpha value is -2.30. The molecule has 0 unspecified atom stereocenters. The Kier molecular flexibility index (Phi) is 10.4. The van der Waals surface area contributed by atoms with Gasteiger partial charge in [0, 0.05) is 25.7 Å². The molecule has 0 radical (unpaired) electrons. The highest BCUT2D eigenvalue weighted by Gasteiger charge is 2.11. The number of nitrogens with one attached hydrogen (secondary N) is 2. The minimum Gasteiger partial charge on any atom is -0.497 e. The predicted molar refractivity (Wildman–Crippen MR) is 115 cm³/mol. The number of alkyl halides is 2. The van der Waals surface area contributed by atoms with Crippen molar-refractivity contribution in [2.75, 3.05) is 21.3 Å². The van der Waals surface area contributed by atoms with Crippen LogP contribution in [0.25, 0.3) is 0 Å². The van der Waals surface area contributed by atoms with Gasteiger partial charge in [0.25, 0.3) is 0 Å². The molecule has 0 aliphatic heterocycles. The zero-order chi connectivity index (χ0) is 19.6. The van der Waals surface area contributed by atoms with E-state index in [0.717, 1.165) is 11.3 Å². The molecule has 0 amide bonds. The third kappa shape index (κ3) is 7.37. The maximum Gasteiger partial charge on any atom is 0.387 e. The maximum atomic E-state index is 12.6. The molecule has 0 heterocycles. The van der Waals surface area contributed by atoms with Crippen molar-refractivity contribution in [2.24, 2.45) is 4.99 Å². The second kappa shape index (κ2) is 12.2. The van der Waals surface area contributed by atoms with Gasteiger partial charge < -0.3 is 24.8 Å². The molecular weight excluding hydrogens is 483 g/mol. The first-order valence-corrected chi connectivity index (χ1v) is 8.25. The highest BCUT2D eigenvalue weighted by Crippen LogP contribution is 2.25. The largest absolute Gasteiger partial charge is 0.497 e. The van der Waals surface area contributed by atoms with Crippen LogP contribution >= 0.6 is 24.0 Å². The molecule has 2 N–H and O–H groups in total. The zero-order valence-electron chi connectivity index (χ0n) is 15.9. The minimum atomic E-state index is -2.90. The van der Waals surface area contributed by atoms with Gasteiger partial charge in [-0.1, -0.05) is 12.1 Å². The summed E-state index contributed by atoms with van der Waals surface area (Å²) >= 11 is 0. The fourth-order valence-corrected chi connectivity index (χ4v) is 2.40. The van der Waals surface area contributed by atoms with E-state index in [2.05, 4.69) is 20.4 Å². The van der Waals surface area contributed by atoms with Crippen molar-refractivity contribution < 1.29 is 23.0 Å². The van der Waals surface area contributed by atoms with E-state index in [-0.39, 0.29) is 36.3 Å². The first-order chi connectivity index (χ1) is 13.0. The van der Waals surface area contributed by atoms with Crippen molar-refractivity contribution in [1.82, 2.24) is 10.6 Å². The molecule has 0 atom stereocenters. The number of hydrogen-bond donors (Lipinski definition) is 2. The Morgan fingerprint density at radius 3 is 2.32 bits per heavy atom. The number of rotatable bonds is 8. The molecule has 2 rings (SSSR count). The van der Waals surface area contributed by atoms with Gasteiger partial charge in [-0.2, -0.15) is 8.78 Å². The molecule has 0 aliphatic rings. The molecule has 0 spiro atoms. The lowest BCUT2D eigenvalue weighted by molar-refractivity contribution is -0.0504. The van der Waals surface area contributed by atoms with Gasteiger partial charge in [0.15, 0.2) is 5.96 Å². The van der Waals surface area contributed by atoms with Gasteiger partial charge in [-0.15, -0.1) is 24.0 Å². The normalized spacial score (nSPS) is 10.9. The van der Waals surface area contributed by atoms with Crippen LogP contribution in [0.2, 0.25) is 0 Å². The van der Waals surface area contributed by atoms with E-state index in [4.69, 9.17) is 9.47 Å². The van der Waals surface area contributed by atoms with Crippen molar-refractivity contribution in [3.05, 3.63) is 53.6 Å². The molecule has 28 heavy (non-hydrogen) atoms. The molecule has 0 fully saturated rings. The summed E-state index contributed by atoms with van der Waals surface area (Å²) in [4.78, 5) is 4.14. The zero-order valence-corrected chi connectivity index (χ0v) is 18.2. The van der Waals surface area contributed by atoms with Crippen LogP contribution in [-0.4, -0.2) is 33.8 Å². The Morgan fingerprint density at radius 2 is 1.68 bits per heavy atom. The van der Waals surface area contributed by atoms with Crippen LogP contribution in [0.15, 0.2) is 47.5 Å². The summed E-state index contributed by atoms with van der Waals surface area (Å²) in [6, 6.07) is 12.3. The lowest BCUT2D eigenvalue weighted by atomic mass is 10.2.